The summed E-state index contributed by atoms with van der Waals surface area (Å²) in [5, 5.41) is 11.6. The third kappa shape index (κ3) is 3.17. The molecule has 3 heterocycles. The SMILES string of the molecule is CN(C)C(=O)N1CCC(NC(=O)c2ccc3[nH]c4c(c3c2)C(C)(C)Cc2c[nH]nc2-4)C1. The van der Waals surface area contributed by atoms with E-state index in [1.807, 2.05) is 24.4 Å². The average molecular weight is 421 g/mol. The maximum atomic E-state index is 13.0. The van der Waals surface area contributed by atoms with Crippen LogP contribution in [0.5, 0.6) is 0 Å². The minimum Gasteiger partial charge on any atom is -0.353 e. The first-order valence-electron chi connectivity index (χ1n) is 10.7. The summed E-state index contributed by atoms with van der Waals surface area (Å²) in [6, 6.07) is 5.77. The summed E-state index contributed by atoms with van der Waals surface area (Å²) >= 11 is 0. The lowest BCUT2D eigenvalue weighted by Crippen LogP contribution is -2.41. The lowest BCUT2D eigenvalue weighted by molar-refractivity contribution is 0.0937. The second kappa shape index (κ2) is 6.87. The number of carbonyl (C=O) groups is 2. The van der Waals surface area contributed by atoms with Gasteiger partial charge >= 0.3 is 6.03 Å². The largest absolute Gasteiger partial charge is 0.353 e. The molecule has 2 aliphatic rings. The van der Waals surface area contributed by atoms with E-state index in [-0.39, 0.29) is 23.4 Å². The molecule has 1 aromatic carbocycles. The highest BCUT2D eigenvalue weighted by molar-refractivity contribution is 6.01. The topological polar surface area (TPSA) is 97.1 Å². The Morgan fingerprint density at radius 1 is 1.29 bits per heavy atom. The first-order chi connectivity index (χ1) is 14.7. The highest BCUT2D eigenvalue weighted by atomic mass is 16.2. The van der Waals surface area contributed by atoms with Crippen molar-refractivity contribution >= 4 is 22.8 Å². The van der Waals surface area contributed by atoms with Crippen molar-refractivity contribution in [2.45, 2.75) is 38.1 Å². The van der Waals surface area contributed by atoms with E-state index in [1.54, 1.807) is 23.9 Å². The molecule has 3 amide bonds. The van der Waals surface area contributed by atoms with E-state index in [0.717, 1.165) is 35.1 Å². The molecule has 162 valence electrons. The third-order valence-electron chi connectivity index (χ3n) is 6.50. The van der Waals surface area contributed by atoms with E-state index < -0.39 is 0 Å². The third-order valence-corrected chi connectivity index (χ3v) is 6.50. The number of amides is 3. The Morgan fingerprint density at radius 3 is 2.87 bits per heavy atom. The fourth-order valence-corrected chi connectivity index (χ4v) is 5.05. The van der Waals surface area contributed by atoms with Gasteiger partial charge in [0.15, 0.2) is 0 Å². The van der Waals surface area contributed by atoms with Crippen molar-refractivity contribution < 1.29 is 9.59 Å². The van der Waals surface area contributed by atoms with Crippen LogP contribution >= 0.6 is 0 Å². The molecule has 31 heavy (non-hydrogen) atoms. The van der Waals surface area contributed by atoms with Gasteiger partial charge in [0.2, 0.25) is 0 Å². The van der Waals surface area contributed by atoms with Gasteiger partial charge in [-0.1, -0.05) is 13.8 Å². The van der Waals surface area contributed by atoms with Gasteiger partial charge in [0.05, 0.1) is 5.69 Å². The number of hydrogen-bond acceptors (Lipinski definition) is 3. The number of carbonyl (C=O) groups excluding carboxylic acids is 2. The molecular weight excluding hydrogens is 392 g/mol. The molecule has 3 aromatic rings. The van der Waals surface area contributed by atoms with E-state index >= 15 is 0 Å². The van der Waals surface area contributed by atoms with Crippen LogP contribution in [0, 0.1) is 0 Å². The zero-order valence-electron chi connectivity index (χ0n) is 18.4. The Kier molecular flexibility index (Phi) is 4.35. The summed E-state index contributed by atoms with van der Waals surface area (Å²) in [5.74, 6) is -0.102. The predicted molar refractivity (Wildman–Crippen MR) is 119 cm³/mol. The van der Waals surface area contributed by atoms with Crippen molar-refractivity contribution in [3.05, 3.63) is 41.1 Å². The highest BCUT2D eigenvalue weighted by Crippen LogP contribution is 2.45. The number of aromatic nitrogens is 3. The average Bonchev–Trinajstić information content (AvgIpc) is 3.43. The molecule has 0 spiro atoms. The molecule has 1 aliphatic heterocycles. The Morgan fingerprint density at radius 2 is 2.10 bits per heavy atom. The number of rotatable bonds is 2. The van der Waals surface area contributed by atoms with Crippen LogP contribution < -0.4 is 5.32 Å². The van der Waals surface area contributed by atoms with Crippen LogP contribution in [0.4, 0.5) is 4.79 Å². The van der Waals surface area contributed by atoms with Crippen LogP contribution in [0.1, 0.15) is 41.8 Å². The van der Waals surface area contributed by atoms with Gasteiger partial charge in [-0.3, -0.25) is 9.89 Å². The fraction of sp³-hybridized carbons (Fsp3) is 0.435. The molecule has 1 atom stereocenters. The van der Waals surface area contributed by atoms with Crippen molar-refractivity contribution in [2.24, 2.45) is 0 Å². The Bertz CT molecular complexity index is 1190. The number of hydrogen-bond donors (Lipinski definition) is 3. The maximum Gasteiger partial charge on any atom is 0.319 e. The van der Waals surface area contributed by atoms with Crippen molar-refractivity contribution in [3.8, 4) is 11.4 Å². The Balaban J connectivity index is 1.42. The standard InChI is InChI=1S/C23H28N6O2/c1-23(2)10-14-11-24-27-19(14)20-18(23)16-9-13(5-6-17(16)26-20)21(30)25-15-7-8-29(12-15)22(31)28(3)4/h5-6,9,11,15,26H,7-8,10,12H2,1-4H3,(H,24,27)(H,25,30). The van der Waals surface area contributed by atoms with Crippen LogP contribution in [0.2, 0.25) is 0 Å². The molecule has 8 heteroatoms. The van der Waals surface area contributed by atoms with Gasteiger partial charge in [-0.15, -0.1) is 0 Å². The van der Waals surface area contributed by atoms with Crippen molar-refractivity contribution in [1.82, 2.24) is 30.3 Å². The number of fused-ring (bicyclic) bond motifs is 5. The smallest absolute Gasteiger partial charge is 0.319 e. The molecule has 0 saturated carbocycles. The second-order valence-corrected chi connectivity index (χ2v) is 9.54. The molecule has 0 radical (unpaired) electrons. The molecule has 1 saturated heterocycles. The van der Waals surface area contributed by atoms with Crippen molar-refractivity contribution in [1.29, 1.82) is 0 Å². The van der Waals surface area contributed by atoms with Crippen molar-refractivity contribution in [3.63, 3.8) is 0 Å². The number of likely N-dealkylation sites (tertiary alicyclic amines) is 1. The lowest BCUT2D eigenvalue weighted by Gasteiger charge is -2.29. The molecule has 1 fully saturated rings. The van der Waals surface area contributed by atoms with Gasteiger partial charge in [-0.05, 0) is 42.0 Å². The Hall–Kier alpha value is -3.29. The van der Waals surface area contributed by atoms with Crippen LogP contribution in [-0.4, -0.2) is 70.1 Å². The monoisotopic (exact) mass is 420 g/mol. The summed E-state index contributed by atoms with van der Waals surface area (Å²) in [5.41, 5.74) is 5.99. The fourth-order valence-electron chi connectivity index (χ4n) is 5.05. The number of nitrogens with one attached hydrogen (secondary N) is 3. The minimum absolute atomic E-state index is 0.0166. The van der Waals surface area contributed by atoms with Gasteiger partial charge in [0.25, 0.3) is 5.91 Å². The van der Waals surface area contributed by atoms with Gasteiger partial charge in [-0.2, -0.15) is 5.10 Å². The van der Waals surface area contributed by atoms with E-state index in [9.17, 15) is 9.59 Å². The van der Waals surface area contributed by atoms with Gasteiger partial charge in [-0.25, -0.2) is 4.79 Å². The van der Waals surface area contributed by atoms with E-state index in [4.69, 9.17) is 0 Å². The zero-order chi connectivity index (χ0) is 21.9. The molecule has 2 aromatic heterocycles. The van der Waals surface area contributed by atoms with Gasteiger partial charge in [0.1, 0.15) is 5.69 Å². The van der Waals surface area contributed by atoms with Crippen LogP contribution in [0.25, 0.3) is 22.3 Å². The summed E-state index contributed by atoms with van der Waals surface area (Å²) < 4.78 is 0. The zero-order valence-corrected chi connectivity index (χ0v) is 18.4. The molecule has 8 nitrogen and oxygen atoms in total. The summed E-state index contributed by atoms with van der Waals surface area (Å²) in [4.78, 5) is 32.0. The summed E-state index contributed by atoms with van der Waals surface area (Å²) in [6.45, 7) is 5.67. The van der Waals surface area contributed by atoms with E-state index in [1.165, 1.54) is 11.1 Å². The number of H-pyrrole nitrogens is 2. The molecule has 0 bridgehead atoms. The number of aromatic amines is 2. The summed E-state index contributed by atoms with van der Waals surface area (Å²) in [6.07, 6.45) is 3.63. The van der Waals surface area contributed by atoms with E-state index in [2.05, 4.69) is 34.3 Å². The van der Waals surface area contributed by atoms with Crippen LogP contribution in [0.15, 0.2) is 24.4 Å². The Labute approximate surface area is 181 Å². The second-order valence-electron chi connectivity index (χ2n) is 9.54. The maximum absolute atomic E-state index is 13.0. The minimum atomic E-state index is -0.102. The summed E-state index contributed by atoms with van der Waals surface area (Å²) in [7, 11) is 3.49. The molecule has 1 aliphatic carbocycles. The van der Waals surface area contributed by atoms with Crippen LogP contribution in [0.3, 0.4) is 0 Å². The highest BCUT2D eigenvalue weighted by Gasteiger charge is 2.36. The number of benzene rings is 1. The first kappa shape index (κ1) is 19.7. The number of urea groups is 1. The number of nitrogens with zero attached hydrogens (tertiary/aromatic N) is 3. The molecule has 3 N–H and O–H groups in total. The molecule has 5 rings (SSSR count). The quantitative estimate of drug-likeness (QED) is 0.595. The normalized spacial score (nSPS) is 19.2. The van der Waals surface area contributed by atoms with Gasteiger partial charge < -0.3 is 20.1 Å². The predicted octanol–water partition coefficient (Wildman–Crippen LogP) is 2.88. The molecule has 1 unspecified atom stereocenters. The molecular formula is C23H28N6O2. The van der Waals surface area contributed by atoms with Crippen molar-refractivity contribution in [2.75, 3.05) is 27.2 Å². The lowest BCUT2D eigenvalue weighted by atomic mass is 9.73. The van der Waals surface area contributed by atoms with Gasteiger partial charge in [0, 0.05) is 61.5 Å². The van der Waals surface area contributed by atoms with Crippen LogP contribution in [-0.2, 0) is 11.8 Å². The van der Waals surface area contributed by atoms with E-state index in [0.29, 0.717) is 18.7 Å². The first-order valence-corrected chi connectivity index (χ1v) is 10.7.